The number of fused-ring (bicyclic) bond motifs is 1. The van der Waals surface area contributed by atoms with E-state index < -0.39 is 5.54 Å². The number of amides is 2. The zero-order chi connectivity index (χ0) is 23.0. The Morgan fingerprint density at radius 1 is 1.12 bits per heavy atom. The molecule has 1 aromatic heterocycles. The van der Waals surface area contributed by atoms with Gasteiger partial charge in [-0.05, 0) is 61.4 Å². The molecule has 4 aliphatic rings. The van der Waals surface area contributed by atoms with Gasteiger partial charge in [0.15, 0.2) is 0 Å². The van der Waals surface area contributed by atoms with E-state index in [9.17, 15) is 9.59 Å². The minimum absolute atomic E-state index is 0.142. The largest absolute Gasteiger partial charge is 0.342 e. The van der Waals surface area contributed by atoms with Crippen LogP contribution in [0.2, 0.25) is 0 Å². The van der Waals surface area contributed by atoms with Gasteiger partial charge < -0.3 is 4.90 Å². The monoisotopic (exact) mass is 453 g/mol. The highest BCUT2D eigenvalue weighted by Gasteiger charge is 2.58. The summed E-state index contributed by atoms with van der Waals surface area (Å²) in [5.41, 5.74) is 4.90. The summed E-state index contributed by atoms with van der Waals surface area (Å²) in [6.07, 6.45) is 5.59. The maximum Gasteiger partial charge on any atom is 0.256 e. The van der Waals surface area contributed by atoms with Crippen LogP contribution in [0, 0.1) is 18.8 Å². The third-order valence-corrected chi connectivity index (χ3v) is 7.82. The number of aromatic nitrogens is 2. The molecule has 3 aromatic rings. The summed E-state index contributed by atoms with van der Waals surface area (Å²) in [6, 6.07) is 12.7. The van der Waals surface area contributed by atoms with Crippen LogP contribution in [0.15, 0.2) is 47.6 Å². The molecule has 1 saturated heterocycles. The number of hydrogen-bond donors (Lipinski definition) is 1. The van der Waals surface area contributed by atoms with Gasteiger partial charge in [-0.15, -0.1) is 0 Å². The van der Waals surface area contributed by atoms with E-state index in [2.05, 4.69) is 53.5 Å². The highest BCUT2D eigenvalue weighted by Crippen LogP contribution is 2.46. The third-order valence-electron chi connectivity index (χ3n) is 7.82. The van der Waals surface area contributed by atoms with Crippen molar-refractivity contribution in [3.05, 3.63) is 53.7 Å². The molecule has 2 aliphatic heterocycles. The lowest BCUT2D eigenvalue weighted by Crippen LogP contribution is -2.55. The Kier molecular flexibility index (Phi) is 4.11. The first-order valence-electron chi connectivity index (χ1n) is 12.3. The molecule has 1 spiro atoms. The van der Waals surface area contributed by atoms with E-state index in [0.29, 0.717) is 18.4 Å². The number of aromatic amines is 1. The van der Waals surface area contributed by atoms with Crippen molar-refractivity contribution in [2.75, 3.05) is 19.6 Å². The Morgan fingerprint density at radius 3 is 2.62 bits per heavy atom. The van der Waals surface area contributed by atoms with Crippen molar-refractivity contribution in [2.24, 2.45) is 16.8 Å². The lowest BCUT2D eigenvalue weighted by atomic mass is 9.96. The minimum Gasteiger partial charge on any atom is -0.342 e. The molecule has 7 heteroatoms. The summed E-state index contributed by atoms with van der Waals surface area (Å²) < 4.78 is 0. The molecule has 0 bridgehead atoms. The number of benzene rings is 2. The zero-order valence-corrected chi connectivity index (χ0v) is 19.3. The van der Waals surface area contributed by atoms with Crippen LogP contribution in [0.1, 0.15) is 36.8 Å². The smallest absolute Gasteiger partial charge is 0.256 e. The van der Waals surface area contributed by atoms with Crippen LogP contribution in [0.3, 0.4) is 0 Å². The minimum atomic E-state index is -0.528. The fraction of sp³-hybridized carbons (Fsp3) is 0.407. The van der Waals surface area contributed by atoms with Gasteiger partial charge in [0.1, 0.15) is 11.4 Å². The number of likely N-dealkylation sites (tertiary alicyclic amines) is 1. The van der Waals surface area contributed by atoms with Crippen molar-refractivity contribution < 1.29 is 9.59 Å². The molecule has 34 heavy (non-hydrogen) atoms. The fourth-order valence-electron chi connectivity index (χ4n) is 5.41. The maximum atomic E-state index is 13.3. The van der Waals surface area contributed by atoms with Gasteiger partial charge >= 0.3 is 0 Å². The zero-order valence-electron chi connectivity index (χ0n) is 19.3. The summed E-state index contributed by atoms with van der Waals surface area (Å²) >= 11 is 0. The highest BCUT2D eigenvalue weighted by atomic mass is 16.2. The number of H-pyrrole nitrogens is 1. The first-order chi connectivity index (χ1) is 16.5. The normalized spacial score (nSPS) is 21.3. The number of hydrogen-bond acceptors (Lipinski definition) is 4. The number of aliphatic imine (C=N–C) groups is 1. The van der Waals surface area contributed by atoms with Crippen LogP contribution in [0.5, 0.6) is 0 Å². The number of carbonyl (C=O) groups excluding carboxylic acids is 2. The molecule has 7 nitrogen and oxygen atoms in total. The quantitative estimate of drug-likeness (QED) is 0.642. The van der Waals surface area contributed by atoms with Crippen molar-refractivity contribution in [3.8, 4) is 11.1 Å². The van der Waals surface area contributed by atoms with Crippen LogP contribution >= 0.6 is 0 Å². The first kappa shape index (κ1) is 19.9. The number of rotatable bonds is 5. The Bertz CT molecular complexity index is 1370. The molecular weight excluding hydrogens is 426 g/mol. The standard InChI is InChI=1S/C27H27N5O2/c1-16-10-19(20-5-7-23-21(11-20)12-28-30-23)4-6-22(16)24-29-27(8-9-27)26(34)32(24)15-17-13-31(14-17)25(33)18-2-3-18/h4-7,10-12,17-18H,2-3,8-9,13-15H2,1H3,(H,28,30). The van der Waals surface area contributed by atoms with Crippen molar-refractivity contribution in [2.45, 2.75) is 38.1 Å². The SMILES string of the molecule is Cc1cc(-c2ccc3[nH]ncc3c2)ccc1C1=NC2(CC2)C(=O)N1CC1CN(C(=O)C2CC2)C1. The number of nitrogens with zero attached hydrogens (tertiary/aromatic N) is 4. The fourth-order valence-corrected chi connectivity index (χ4v) is 5.41. The van der Waals surface area contributed by atoms with Crippen LogP contribution in [0.4, 0.5) is 0 Å². The number of carbonyl (C=O) groups is 2. The van der Waals surface area contributed by atoms with E-state index in [4.69, 9.17) is 4.99 Å². The summed E-state index contributed by atoms with van der Waals surface area (Å²) in [5, 5.41) is 8.20. The van der Waals surface area contributed by atoms with Gasteiger partial charge in [0.05, 0.1) is 11.7 Å². The van der Waals surface area contributed by atoms with Gasteiger partial charge in [0, 0.05) is 42.4 Å². The van der Waals surface area contributed by atoms with Crippen molar-refractivity contribution in [1.29, 1.82) is 0 Å². The van der Waals surface area contributed by atoms with Gasteiger partial charge in [-0.1, -0.05) is 24.3 Å². The second-order valence-corrected chi connectivity index (χ2v) is 10.5. The van der Waals surface area contributed by atoms with E-state index in [1.165, 1.54) is 0 Å². The van der Waals surface area contributed by atoms with E-state index in [0.717, 1.165) is 77.8 Å². The first-order valence-corrected chi connectivity index (χ1v) is 12.3. The van der Waals surface area contributed by atoms with Crippen molar-refractivity contribution >= 4 is 28.6 Å². The summed E-state index contributed by atoms with van der Waals surface area (Å²) in [6.45, 7) is 4.26. The van der Waals surface area contributed by atoms with Crippen LogP contribution in [-0.2, 0) is 9.59 Å². The molecule has 0 radical (unpaired) electrons. The summed E-state index contributed by atoms with van der Waals surface area (Å²) in [5.74, 6) is 1.84. The van der Waals surface area contributed by atoms with Gasteiger partial charge in [0.25, 0.3) is 5.91 Å². The van der Waals surface area contributed by atoms with Gasteiger partial charge in [-0.3, -0.25) is 24.6 Å². The van der Waals surface area contributed by atoms with E-state index in [1.54, 1.807) is 0 Å². The lowest BCUT2D eigenvalue weighted by molar-refractivity contribution is -0.139. The second kappa shape index (κ2) is 7.01. The van der Waals surface area contributed by atoms with E-state index in [-0.39, 0.29) is 11.8 Å². The Balaban J connectivity index is 1.14. The van der Waals surface area contributed by atoms with Gasteiger partial charge in [-0.2, -0.15) is 5.10 Å². The lowest BCUT2D eigenvalue weighted by Gasteiger charge is -2.41. The Labute approximate surface area is 197 Å². The molecule has 2 aromatic carbocycles. The number of aryl methyl sites for hydroxylation is 1. The van der Waals surface area contributed by atoms with Crippen LogP contribution < -0.4 is 0 Å². The number of nitrogens with one attached hydrogen (secondary N) is 1. The maximum absolute atomic E-state index is 13.3. The van der Waals surface area contributed by atoms with E-state index >= 15 is 0 Å². The predicted molar refractivity (Wildman–Crippen MR) is 129 cm³/mol. The summed E-state index contributed by atoms with van der Waals surface area (Å²) in [7, 11) is 0. The topological polar surface area (TPSA) is 81.7 Å². The molecule has 7 rings (SSSR count). The molecule has 2 saturated carbocycles. The highest BCUT2D eigenvalue weighted by molar-refractivity contribution is 6.17. The molecular formula is C27H27N5O2. The van der Waals surface area contributed by atoms with E-state index in [1.807, 2.05) is 16.0 Å². The Hall–Kier alpha value is -3.48. The molecule has 2 aliphatic carbocycles. The predicted octanol–water partition coefficient (Wildman–Crippen LogP) is 3.53. The average Bonchev–Trinajstić information content (AvgIpc) is 3.72. The molecule has 2 amide bonds. The van der Waals surface area contributed by atoms with Crippen LogP contribution in [0.25, 0.3) is 22.0 Å². The molecule has 3 fully saturated rings. The molecule has 0 unspecified atom stereocenters. The van der Waals surface area contributed by atoms with Crippen LogP contribution in [-0.4, -0.2) is 62.8 Å². The summed E-state index contributed by atoms with van der Waals surface area (Å²) in [4.78, 5) is 34.4. The van der Waals surface area contributed by atoms with Crippen molar-refractivity contribution in [3.63, 3.8) is 0 Å². The molecule has 0 atom stereocenters. The second-order valence-electron chi connectivity index (χ2n) is 10.5. The van der Waals surface area contributed by atoms with Gasteiger partial charge in [-0.25, -0.2) is 0 Å². The Morgan fingerprint density at radius 2 is 1.88 bits per heavy atom. The van der Waals surface area contributed by atoms with Crippen molar-refractivity contribution in [1.82, 2.24) is 20.0 Å². The van der Waals surface area contributed by atoms with Gasteiger partial charge in [0.2, 0.25) is 5.91 Å². The molecule has 1 N–H and O–H groups in total. The molecule has 172 valence electrons. The number of amidine groups is 1. The molecule has 3 heterocycles. The average molecular weight is 454 g/mol. The third kappa shape index (κ3) is 3.10.